The fourth-order valence-corrected chi connectivity index (χ4v) is 2.50. The van der Waals surface area contributed by atoms with Crippen molar-refractivity contribution in [2.45, 2.75) is 25.3 Å². The molecule has 0 saturated carbocycles. The molecule has 1 aromatic rings. The molecule has 4 N–H and O–H groups in total. The quantitative estimate of drug-likeness (QED) is 0.543. The maximum Gasteiger partial charge on any atom is 0.326 e. The summed E-state index contributed by atoms with van der Waals surface area (Å²) >= 11 is 0. The number of carboxylic acid groups (broad SMARTS) is 1. The molecule has 9 nitrogen and oxygen atoms in total. The van der Waals surface area contributed by atoms with E-state index < -0.39 is 28.2 Å². The number of nitrogens with one attached hydrogen (secondary N) is 1. The highest BCUT2D eigenvalue weighted by Crippen LogP contribution is 2.29. The fraction of sp³-hybridized carbons (Fsp3) is 0.429. The smallest absolute Gasteiger partial charge is 0.326 e. The standard InChI is InChI=1S/C14H20N2O7S/c1-22-12-8-9(6-7-11(12)23-24(2,20)21)4-3-5-10(13(17)18)16-14(15)19/h6-8,10H,3-5H2,1-2H3,(H,17,18)(H3,15,16,19). The predicted molar refractivity (Wildman–Crippen MR) is 85.5 cm³/mol. The molecule has 1 aromatic carbocycles. The van der Waals surface area contributed by atoms with Crippen molar-refractivity contribution in [3.05, 3.63) is 23.8 Å². The molecular weight excluding hydrogens is 340 g/mol. The number of hydrogen-bond acceptors (Lipinski definition) is 6. The first-order chi connectivity index (χ1) is 11.1. The van der Waals surface area contributed by atoms with E-state index in [0.29, 0.717) is 12.8 Å². The molecule has 0 aliphatic heterocycles. The highest BCUT2D eigenvalue weighted by molar-refractivity contribution is 7.86. The van der Waals surface area contributed by atoms with Gasteiger partial charge in [-0.15, -0.1) is 0 Å². The van der Waals surface area contributed by atoms with Crippen molar-refractivity contribution >= 4 is 22.1 Å². The zero-order valence-electron chi connectivity index (χ0n) is 13.3. The fourth-order valence-electron chi connectivity index (χ4n) is 2.04. The highest BCUT2D eigenvalue weighted by atomic mass is 32.2. The second kappa shape index (κ2) is 8.39. The molecule has 0 aromatic heterocycles. The van der Waals surface area contributed by atoms with Crippen LogP contribution in [0, 0.1) is 0 Å². The Balaban J connectivity index is 2.72. The highest BCUT2D eigenvalue weighted by Gasteiger charge is 2.18. The van der Waals surface area contributed by atoms with Gasteiger partial charge in [-0.25, -0.2) is 9.59 Å². The Kier molecular flexibility index (Phi) is 6.83. The van der Waals surface area contributed by atoms with Crippen LogP contribution in [-0.4, -0.2) is 44.9 Å². The Hall–Kier alpha value is -2.49. The third kappa shape index (κ3) is 6.73. The van der Waals surface area contributed by atoms with Gasteiger partial charge in [0.15, 0.2) is 11.5 Å². The van der Waals surface area contributed by atoms with E-state index in [1.54, 1.807) is 12.1 Å². The maximum atomic E-state index is 11.2. The number of rotatable bonds is 9. The van der Waals surface area contributed by atoms with Gasteiger partial charge in [0.05, 0.1) is 13.4 Å². The number of aryl methyl sites for hydroxylation is 1. The first-order valence-electron chi connectivity index (χ1n) is 6.97. The van der Waals surface area contributed by atoms with Gasteiger partial charge in [0, 0.05) is 0 Å². The van der Waals surface area contributed by atoms with Crippen LogP contribution in [0.3, 0.4) is 0 Å². The van der Waals surface area contributed by atoms with Gasteiger partial charge >= 0.3 is 22.1 Å². The van der Waals surface area contributed by atoms with Crippen molar-refractivity contribution in [1.82, 2.24) is 5.32 Å². The average molecular weight is 360 g/mol. The lowest BCUT2D eigenvalue weighted by molar-refractivity contribution is -0.139. The summed E-state index contributed by atoms with van der Waals surface area (Å²) in [6.45, 7) is 0. The molecule has 1 unspecified atom stereocenters. The number of benzene rings is 1. The number of carbonyl (C=O) groups is 2. The molecule has 134 valence electrons. The van der Waals surface area contributed by atoms with Gasteiger partial charge < -0.3 is 25.1 Å². The lowest BCUT2D eigenvalue weighted by atomic mass is 10.0. The molecule has 0 radical (unpaired) electrons. The van der Waals surface area contributed by atoms with Crippen LogP contribution in [0.15, 0.2) is 18.2 Å². The Labute approximate surface area is 139 Å². The molecule has 0 aliphatic carbocycles. The number of carbonyl (C=O) groups excluding carboxylic acids is 1. The Bertz CT molecular complexity index is 703. The minimum Gasteiger partial charge on any atom is -0.493 e. The zero-order valence-corrected chi connectivity index (χ0v) is 14.1. The van der Waals surface area contributed by atoms with Crippen molar-refractivity contribution in [1.29, 1.82) is 0 Å². The molecular formula is C14H20N2O7S. The number of amides is 2. The van der Waals surface area contributed by atoms with Crippen LogP contribution >= 0.6 is 0 Å². The number of urea groups is 1. The maximum absolute atomic E-state index is 11.2. The van der Waals surface area contributed by atoms with Crippen LogP contribution in [-0.2, 0) is 21.3 Å². The van der Waals surface area contributed by atoms with Gasteiger partial charge in [-0.05, 0) is 37.0 Å². The lowest BCUT2D eigenvalue weighted by Crippen LogP contribution is -2.43. The van der Waals surface area contributed by atoms with Crippen LogP contribution in [0.2, 0.25) is 0 Å². The molecule has 1 rings (SSSR count). The largest absolute Gasteiger partial charge is 0.493 e. The summed E-state index contributed by atoms with van der Waals surface area (Å²) in [4.78, 5) is 21.7. The summed E-state index contributed by atoms with van der Waals surface area (Å²) in [6.07, 6.45) is 2.09. The average Bonchev–Trinajstić information content (AvgIpc) is 2.45. The molecule has 0 bridgehead atoms. The van der Waals surface area contributed by atoms with Crippen LogP contribution in [0.4, 0.5) is 4.79 Å². The summed E-state index contributed by atoms with van der Waals surface area (Å²) < 4.78 is 32.2. The second-order valence-electron chi connectivity index (χ2n) is 5.06. The molecule has 10 heteroatoms. The number of methoxy groups -OCH3 is 1. The molecule has 0 heterocycles. The minimum atomic E-state index is -3.67. The zero-order chi connectivity index (χ0) is 18.3. The summed E-state index contributed by atoms with van der Waals surface area (Å²) in [5, 5.41) is 11.1. The van der Waals surface area contributed by atoms with Gasteiger partial charge in [-0.1, -0.05) is 6.07 Å². The van der Waals surface area contributed by atoms with Crippen molar-refractivity contribution in [2.75, 3.05) is 13.4 Å². The number of primary amides is 1. The molecule has 0 fully saturated rings. The summed E-state index contributed by atoms with van der Waals surface area (Å²) in [5.41, 5.74) is 5.73. The molecule has 0 saturated heterocycles. The summed E-state index contributed by atoms with van der Waals surface area (Å²) in [7, 11) is -2.29. The van der Waals surface area contributed by atoms with Crippen LogP contribution in [0.5, 0.6) is 11.5 Å². The van der Waals surface area contributed by atoms with Gasteiger partial charge in [-0.2, -0.15) is 8.42 Å². The van der Waals surface area contributed by atoms with E-state index in [1.807, 2.05) is 0 Å². The van der Waals surface area contributed by atoms with Crippen molar-refractivity contribution in [3.63, 3.8) is 0 Å². The Morgan fingerprint density at radius 2 is 2.00 bits per heavy atom. The number of aliphatic carboxylic acids is 1. The predicted octanol–water partition coefficient (Wildman–Crippen LogP) is 0.478. The van der Waals surface area contributed by atoms with Gasteiger partial charge in [0.1, 0.15) is 6.04 Å². The SMILES string of the molecule is COc1cc(CCCC(NC(N)=O)C(=O)O)ccc1OS(C)(=O)=O. The topological polar surface area (TPSA) is 145 Å². The molecule has 2 amide bonds. The third-order valence-corrected chi connectivity index (χ3v) is 3.52. The molecule has 1 atom stereocenters. The van der Waals surface area contributed by atoms with Crippen LogP contribution in [0.25, 0.3) is 0 Å². The van der Waals surface area contributed by atoms with Crippen LogP contribution in [0.1, 0.15) is 18.4 Å². The van der Waals surface area contributed by atoms with E-state index in [0.717, 1.165) is 11.8 Å². The van der Waals surface area contributed by atoms with E-state index in [1.165, 1.54) is 13.2 Å². The monoisotopic (exact) mass is 360 g/mol. The minimum absolute atomic E-state index is 0.0718. The lowest BCUT2D eigenvalue weighted by Gasteiger charge is -2.13. The molecule has 24 heavy (non-hydrogen) atoms. The Morgan fingerprint density at radius 1 is 1.33 bits per heavy atom. The second-order valence-corrected chi connectivity index (χ2v) is 6.64. The van der Waals surface area contributed by atoms with Gasteiger partial charge in [-0.3, -0.25) is 0 Å². The van der Waals surface area contributed by atoms with E-state index in [-0.39, 0.29) is 17.9 Å². The van der Waals surface area contributed by atoms with E-state index >= 15 is 0 Å². The number of carboxylic acids is 1. The Morgan fingerprint density at radius 3 is 2.50 bits per heavy atom. The van der Waals surface area contributed by atoms with E-state index in [2.05, 4.69) is 5.32 Å². The summed E-state index contributed by atoms with van der Waals surface area (Å²) in [6, 6.07) is 2.77. The van der Waals surface area contributed by atoms with Gasteiger partial charge in [0.25, 0.3) is 0 Å². The molecule has 0 aliphatic rings. The summed E-state index contributed by atoms with van der Waals surface area (Å²) in [5.74, 6) is -0.839. The number of ether oxygens (including phenoxy) is 1. The first-order valence-corrected chi connectivity index (χ1v) is 8.79. The molecule has 0 spiro atoms. The van der Waals surface area contributed by atoms with E-state index in [4.69, 9.17) is 19.8 Å². The normalized spacial score (nSPS) is 12.2. The van der Waals surface area contributed by atoms with E-state index in [9.17, 15) is 18.0 Å². The number of nitrogens with two attached hydrogens (primary N) is 1. The third-order valence-electron chi connectivity index (χ3n) is 3.04. The number of hydrogen-bond donors (Lipinski definition) is 3. The van der Waals surface area contributed by atoms with Gasteiger partial charge in [0.2, 0.25) is 0 Å². The van der Waals surface area contributed by atoms with Crippen molar-refractivity contribution in [2.24, 2.45) is 5.73 Å². The van der Waals surface area contributed by atoms with Crippen molar-refractivity contribution in [3.8, 4) is 11.5 Å². The van der Waals surface area contributed by atoms with Crippen LogP contribution < -0.4 is 20.0 Å². The first kappa shape index (κ1) is 19.6. The van der Waals surface area contributed by atoms with Crippen molar-refractivity contribution < 1.29 is 32.0 Å².